The van der Waals surface area contributed by atoms with E-state index in [1.807, 2.05) is 12.1 Å². The van der Waals surface area contributed by atoms with Crippen molar-refractivity contribution in [1.82, 2.24) is 4.90 Å². The summed E-state index contributed by atoms with van der Waals surface area (Å²) in [7, 11) is 0. The maximum absolute atomic E-state index is 9.91. The number of amidine groups is 1. The molecule has 0 bridgehead atoms. The van der Waals surface area contributed by atoms with E-state index in [-0.39, 0.29) is 22.7 Å². The number of aliphatic imine (C=N–C) groups is 1. The first kappa shape index (κ1) is 22.1. The topological polar surface area (TPSA) is 35.8 Å². The predicted octanol–water partition coefficient (Wildman–Crippen LogP) is 6.94. The lowest BCUT2D eigenvalue weighted by Crippen LogP contribution is -2.52. The highest BCUT2D eigenvalue weighted by Gasteiger charge is 2.59. The maximum Gasteiger partial charge on any atom is 0.132 e. The summed E-state index contributed by atoms with van der Waals surface area (Å²) in [5, 5.41) is 9.91. The van der Waals surface area contributed by atoms with Gasteiger partial charge in [-0.15, -0.1) is 0 Å². The SMILES string of the molecule is CC(C)(C)N1C(c2ccc(O)cc2)=NC(c2ccccc2)(C(C)(C)C)C1c1ccccc1. The van der Waals surface area contributed by atoms with Crippen molar-refractivity contribution in [1.29, 1.82) is 0 Å². The van der Waals surface area contributed by atoms with Gasteiger partial charge < -0.3 is 10.0 Å². The lowest BCUT2D eigenvalue weighted by atomic mass is 9.64. The zero-order chi connectivity index (χ0) is 23.1. The molecule has 0 aromatic heterocycles. The largest absolute Gasteiger partial charge is 0.508 e. The van der Waals surface area contributed by atoms with Gasteiger partial charge >= 0.3 is 0 Å². The second-order valence-electron chi connectivity index (χ2n) is 10.7. The molecule has 0 radical (unpaired) electrons. The monoisotopic (exact) mass is 426 g/mol. The number of benzene rings is 3. The summed E-state index contributed by atoms with van der Waals surface area (Å²) in [6.07, 6.45) is 0. The van der Waals surface area contributed by atoms with Gasteiger partial charge in [-0.2, -0.15) is 0 Å². The van der Waals surface area contributed by atoms with Crippen molar-refractivity contribution in [3.8, 4) is 5.75 Å². The van der Waals surface area contributed by atoms with E-state index in [1.54, 1.807) is 12.1 Å². The van der Waals surface area contributed by atoms with Crippen molar-refractivity contribution in [2.45, 2.75) is 58.7 Å². The van der Waals surface area contributed by atoms with Gasteiger partial charge in [0.1, 0.15) is 17.1 Å². The Bertz CT molecular complexity index is 1090. The first-order valence-corrected chi connectivity index (χ1v) is 11.3. The summed E-state index contributed by atoms with van der Waals surface area (Å²) in [6.45, 7) is 13.6. The van der Waals surface area contributed by atoms with Crippen LogP contribution in [0.15, 0.2) is 89.9 Å². The number of nitrogens with zero attached hydrogens (tertiary/aromatic N) is 2. The number of hydrogen-bond donors (Lipinski definition) is 1. The first-order chi connectivity index (χ1) is 15.1. The molecule has 1 aliphatic heterocycles. The third kappa shape index (κ3) is 3.60. The molecule has 1 heterocycles. The standard InChI is InChI=1S/C29H34N2O/c1-27(2,3)29(23-15-11-8-12-16-23)25(21-13-9-7-10-14-21)31(28(4,5)6)26(30-29)22-17-19-24(32)20-18-22/h7-20,25,32H,1-6H3. The van der Waals surface area contributed by atoms with Crippen LogP contribution in [0.5, 0.6) is 5.75 Å². The van der Waals surface area contributed by atoms with E-state index in [9.17, 15) is 5.11 Å². The molecule has 3 aromatic rings. The van der Waals surface area contributed by atoms with Crippen LogP contribution in [0, 0.1) is 5.41 Å². The molecular formula is C29H34N2O. The normalized spacial score (nSPS) is 21.5. The van der Waals surface area contributed by atoms with E-state index in [4.69, 9.17) is 4.99 Å². The molecule has 4 rings (SSSR count). The summed E-state index contributed by atoms with van der Waals surface area (Å²) in [4.78, 5) is 8.11. The minimum absolute atomic E-state index is 0.00917. The van der Waals surface area contributed by atoms with Gasteiger partial charge in [-0.05, 0) is 61.6 Å². The zero-order valence-electron chi connectivity index (χ0n) is 20.0. The van der Waals surface area contributed by atoms with Crippen LogP contribution in [0.4, 0.5) is 0 Å². The summed E-state index contributed by atoms with van der Waals surface area (Å²) in [5.74, 6) is 1.23. The predicted molar refractivity (Wildman–Crippen MR) is 133 cm³/mol. The Kier molecular flexibility index (Phi) is 5.40. The summed E-state index contributed by atoms with van der Waals surface area (Å²) >= 11 is 0. The van der Waals surface area contributed by atoms with E-state index < -0.39 is 5.54 Å². The third-order valence-corrected chi connectivity index (χ3v) is 6.49. The second kappa shape index (κ2) is 7.81. The minimum Gasteiger partial charge on any atom is -0.508 e. The minimum atomic E-state index is -0.504. The average Bonchev–Trinajstić information content (AvgIpc) is 3.14. The molecule has 0 spiro atoms. The van der Waals surface area contributed by atoms with Crippen LogP contribution in [-0.2, 0) is 5.54 Å². The van der Waals surface area contributed by atoms with Crippen LogP contribution in [0.3, 0.4) is 0 Å². The molecule has 166 valence electrons. The molecule has 0 aliphatic carbocycles. The molecule has 0 saturated carbocycles. The molecule has 2 unspecified atom stereocenters. The number of aromatic hydroxyl groups is 1. The van der Waals surface area contributed by atoms with Crippen molar-refractivity contribution in [3.05, 3.63) is 102 Å². The summed E-state index contributed by atoms with van der Waals surface area (Å²) < 4.78 is 0. The molecule has 0 amide bonds. The fourth-order valence-corrected chi connectivity index (χ4v) is 5.06. The van der Waals surface area contributed by atoms with Gasteiger partial charge in [-0.25, -0.2) is 0 Å². The lowest BCUT2D eigenvalue weighted by molar-refractivity contribution is 0.0687. The highest BCUT2D eigenvalue weighted by molar-refractivity contribution is 6.01. The lowest BCUT2D eigenvalue weighted by Gasteiger charge is -2.49. The van der Waals surface area contributed by atoms with Crippen LogP contribution >= 0.6 is 0 Å². The smallest absolute Gasteiger partial charge is 0.132 e. The number of phenolic OH excluding ortho intramolecular Hbond substituents is 1. The Morgan fingerprint density at radius 2 is 1.28 bits per heavy atom. The van der Waals surface area contributed by atoms with Gasteiger partial charge in [0.25, 0.3) is 0 Å². The van der Waals surface area contributed by atoms with E-state index in [0.29, 0.717) is 0 Å². The molecule has 1 N–H and O–H groups in total. The van der Waals surface area contributed by atoms with E-state index in [0.717, 1.165) is 11.4 Å². The second-order valence-corrected chi connectivity index (χ2v) is 10.7. The molecule has 32 heavy (non-hydrogen) atoms. The fourth-order valence-electron chi connectivity index (χ4n) is 5.06. The van der Waals surface area contributed by atoms with Crippen LogP contribution in [0.1, 0.15) is 64.3 Å². The quantitative estimate of drug-likeness (QED) is 0.492. The highest BCUT2D eigenvalue weighted by Crippen LogP contribution is 2.58. The fraction of sp³-hybridized carbons (Fsp3) is 0.345. The Morgan fingerprint density at radius 1 is 0.750 bits per heavy atom. The van der Waals surface area contributed by atoms with Gasteiger partial charge in [0, 0.05) is 11.1 Å². The van der Waals surface area contributed by atoms with Crippen LogP contribution in [-0.4, -0.2) is 21.4 Å². The average molecular weight is 427 g/mol. The van der Waals surface area contributed by atoms with Crippen molar-refractivity contribution in [2.75, 3.05) is 0 Å². The Hall–Kier alpha value is -3.07. The molecular weight excluding hydrogens is 392 g/mol. The molecule has 1 aliphatic rings. The third-order valence-electron chi connectivity index (χ3n) is 6.49. The van der Waals surface area contributed by atoms with Crippen LogP contribution < -0.4 is 0 Å². The van der Waals surface area contributed by atoms with Crippen LogP contribution in [0.25, 0.3) is 0 Å². The number of rotatable bonds is 3. The molecule has 3 aromatic carbocycles. The van der Waals surface area contributed by atoms with E-state index >= 15 is 0 Å². The summed E-state index contributed by atoms with van der Waals surface area (Å²) in [6, 6.07) is 28.9. The Balaban J connectivity index is 2.09. The number of hydrogen-bond acceptors (Lipinski definition) is 3. The van der Waals surface area contributed by atoms with Gasteiger partial charge in [-0.3, -0.25) is 4.99 Å². The molecule has 3 nitrogen and oxygen atoms in total. The van der Waals surface area contributed by atoms with Crippen molar-refractivity contribution in [2.24, 2.45) is 10.4 Å². The van der Waals surface area contributed by atoms with E-state index in [2.05, 4.69) is 107 Å². The van der Waals surface area contributed by atoms with Gasteiger partial charge in [-0.1, -0.05) is 81.4 Å². The molecule has 3 heteroatoms. The maximum atomic E-state index is 9.91. The van der Waals surface area contributed by atoms with Gasteiger partial charge in [0.2, 0.25) is 0 Å². The molecule has 0 saturated heterocycles. The van der Waals surface area contributed by atoms with Gasteiger partial charge in [0.05, 0.1) is 6.04 Å². The van der Waals surface area contributed by atoms with Crippen molar-refractivity contribution >= 4 is 5.84 Å². The van der Waals surface area contributed by atoms with Crippen molar-refractivity contribution in [3.63, 3.8) is 0 Å². The molecule has 0 fully saturated rings. The number of phenols is 1. The summed E-state index contributed by atoms with van der Waals surface area (Å²) in [5.41, 5.74) is 2.62. The van der Waals surface area contributed by atoms with Gasteiger partial charge in [0.15, 0.2) is 0 Å². The van der Waals surface area contributed by atoms with E-state index in [1.165, 1.54) is 11.1 Å². The van der Waals surface area contributed by atoms with Crippen molar-refractivity contribution < 1.29 is 5.11 Å². The highest BCUT2D eigenvalue weighted by atomic mass is 16.3. The first-order valence-electron chi connectivity index (χ1n) is 11.3. The zero-order valence-corrected chi connectivity index (χ0v) is 20.0. The Labute approximate surface area is 192 Å². The Morgan fingerprint density at radius 3 is 1.78 bits per heavy atom. The molecule has 2 atom stereocenters. The van der Waals surface area contributed by atoms with Crippen LogP contribution in [0.2, 0.25) is 0 Å².